The van der Waals surface area contributed by atoms with Gasteiger partial charge in [0, 0.05) is 44.0 Å². The fourth-order valence-electron chi connectivity index (χ4n) is 7.01. The third-order valence-electron chi connectivity index (χ3n) is 9.26. The van der Waals surface area contributed by atoms with Crippen LogP contribution < -0.4 is 0 Å². The van der Waals surface area contributed by atoms with E-state index in [1.165, 1.54) is 103 Å². The van der Waals surface area contributed by atoms with Crippen molar-refractivity contribution in [1.82, 2.24) is 0 Å². The van der Waals surface area contributed by atoms with Gasteiger partial charge in [0.25, 0.3) is 0 Å². The van der Waals surface area contributed by atoms with E-state index in [9.17, 15) is 4.21 Å². The van der Waals surface area contributed by atoms with E-state index < -0.39 is 10.8 Å². The van der Waals surface area contributed by atoms with Crippen molar-refractivity contribution in [3.05, 3.63) is 29.7 Å². The van der Waals surface area contributed by atoms with Crippen LogP contribution in [0.4, 0.5) is 0 Å². The molecule has 0 aromatic carbocycles. The monoisotopic (exact) mass is 881 g/mol. The molecule has 0 amide bonds. The average Bonchev–Trinajstić information content (AvgIpc) is 3.82. The Kier molecular flexibility index (Phi) is 60.5. The average molecular weight is 881 g/mol. The van der Waals surface area contributed by atoms with Crippen LogP contribution >= 0.6 is 11.8 Å². The van der Waals surface area contributed by atoms with Crippen molar-refractivity contribution >= 4 is 22.6 Å². The smallest absolute Gasteiger partial charge is 0.394 e. The van der Waals surface area contributed by atoms with Crippen molar-refractivity contribution < 1.29 is 58.0 Å². The number of hydrogen-bond donors (Lipinski definition) is 2. The molecule has 5 nitrogen and oxygen atoms in total. The van der Waals surface area contributed by atoms with Crippen LogP contribution in [-0.4, -0.2) is 74.1 Å². The first-order chi connectivity index (χ1) is 21.5. The van der Waals surface area contributed by atoms with Crippen LogP contribution in [0, 0.1) is 41.5 Å². The molecule has 0 aliphatic heterocycles. The van der Waals surface area contributed by atoms with E-state index in [1.807, 2.05) is 0 Å². The minimum Gasteiger partial charge on any atom is -0.394 e. The van der Waals surface area contributed by atoms with Crippen molar-refractivity contribution in [2.24, 2.45) is 11.8 Å². The van der Waals surface area contributed by atoms with Gasteiger partial charge in [0.1, 0.15) is 0 Å². The standard InChI is InChI=1S/C14H28O3S.C14H28O2S.2C5H10.2CH4.4CH3.2Fe/c1-14(2,3)18(16)13-8-4-6-12(13)7-5-10-17-11-9-15;1-14(2,3)17-13-8-4-6-12(13)7-5-10-16-11-9-15;2*1-2-4-5-3-1;;;;;;;;/h12-13,15H,4-11H2,1-3H3;12-13,15H,4-11H2,1-3H3;2*1-5H2;2*1H4;4*1H3;;/q;;;;;;4*-1;2*+2. The van der Waals surface area contributed by atoms with E-state index in [2.05, 4.69) is 53.3 Å². The zero-order valence-corrected chi connectivity index (χ0v) is 39.2. The molecule has 53 heavy (non-hydrogen) atoms. The molecule has 330 valence electrons. The number of rotatable bonds is 14. The van der Waals surface area contributed by atoms with Gasteiger partial charge >= 0.3 is 34.1 Å². The van der Waals surface area contributed by atoms with E-state index in [0.717, 1.165) is 43.5 Å². The molecule has 5 unspecified atom stereocenters. The Bertz CT molecular complexity index is 686. The van der Waals surface area contributed by atoms with Crippen LogP contribution in [0.25, 0.3) is 0 Å². The van der Waals surface area contributed by atoms with Gasteiger partial charge in [-0.1, -0.05) is 113 Å². The van der Waals surface area contributed by atoms with Crippen LogP contribution in [0.5, 0.6) is 0 Å². The molecule has 0 radical (unpaired) electrons. The number of aliphatic hydroxyl groups excluding tert-OH is 2. The van der Waals surface area contributed by atoms with Gasteiger partial charge in [0.2, 0.25) is 0 Å². The summed E-state index contributed by atoms with van der Waals surface area (Å²) in [7, 11) is -0.732. The molecule has 4 aliphatic rings. The predicted molar refractivity (Wildman–Crippen MR) is 237 cm³/mol. The number of hydrogen-bond acceptors (Lipinski definition) is 6. The summed E-state index contributed by atoms with van der Waals surface area (Å²) in [4.78, 5) is 0. The van der Waals surface area contributed by atoms with Gasteiger partial charge in [-0.2, -0.15) is 11.8 Å². The molecule has 4 fully saturated rings. The summed E-state index contributed by atoms with van der Waals surface area (Å²) < 4.78 is 23.4. The SMILES string of the molecule is C.C.C1CCCC1.C1CCCC1.CC(C)(C)S(=O)C1CCCC1CCCOCCO.CC(C)(C)SC1CCCC1CCCOCCO.[CH3-].[CH3-].[CH3-].[CH3-].[Fe+2].[Fe+2]. The second-order valence-corrected chi connectivity index (χ2v) is 20.1. The van der Waals surface area contributed by atoms with Gasteiger partial charge in [0.15, 0.2) is 0 Å². The molecule has 4 saturated carbocycles. The Hall–Kier alpha value is 1.38. The van der Waals surface area contributed by atoms with Crippen molar-refractivity contribution in [1.29, 1.82) is 0 Å². The van der Waals surface area contributed by atoms with E-state index in [-0.39, 0.29) is 96.7 Å². The first kappa shape index (κ1) is 72.0. The summed E-state index contributed by atoms with van der Waals surface area (Å²) in [5.41, 5.74) is 0. The molecular formula is C44H96Fe2O5S2. The number of thioether (sulfide) groups is 1. The Morgan fingerprint density at radius 1 is 0.566 bits per heavy atom. The molecule has 0 saturated heterocycles. The maximum absolute atomic E-state index is 12.5. The van der Waals surface area contributed by atoms with Gasteiger partial charge in [-0.05, 0) is 84.0 Å². The zero-order valence-electron chi connectivity index (χ0n) is 35.3. The minimum atomic E-state index is -0.732. The first-order valence-corrected chi connectivity index (χ1v) is 21.0. The number of aliphatic hydroxyl groups is 2. The third-order valence-corrected chi connectivity index (χ3v) is 13.3. The molecule has 0 bridgehead atoms. The maximum atomic E-state index is 12.5. The van der Waals surface area contributed by atoms with Gasteiger partial charge in [-0.25, -0.2) is 0 Å². The van der Waals surface area contributed by atoms with E-state index in [1.54, 1.807) is 0 Å². The van der Waals surface area contributed by atoms with Gasteiger partial charge < -0.3 is 49.4 Å². The van der Waals surface area contributed by atoms with Crippen LogP contribution in [0.15, 0.2) is 0 Å². The summed E-state index contributed by atoms with van der Waals surface area (Å²) in [6.07, 6.45) is 27.3. The second-order valence-electron chi connectivity index (χ2n) is 15.6. The van der Waals surface area contributed by atoms with Crippen molar-refractivity contribution in [3.63, 3.8) is 0 Å². The van der Waals surface area contributed by atoms with Crippen LogP contribution in [-0.2, 0) is 54.4 Å². The summed E-state index contributed by atoms with van der Waals surface area (Å²) in [6.45, 7) is 15.9. The van der Waals surface area contributed by atoms with Gasteiger partial charge in [-0.15, -0.1) is 0 Å². The van der Waals surface area contributed by atoms with E-state index >= 15 is 0 Å². The summed E-state index contributed by atoms with van der Waals surface area (Å²) >= 11 is 2.16. The Morgan fingerprint density at radius 2 is 0.925 bits per heavy atom. The first-order valence-electron chi connectivity index (χ1n) is 18.9. The topological polar surface area (TPSA) is 76.0 Å². The van der Waals surface area contributed by atoms with Crippen molar-refractivity contribution in [2.45, 2.75) is 205 Å². The predicted octanol–water partition coefficient (Wildman–Crippen LogP) is 12.9. The Morgan fingerprint density at radius 3 is 1.28 bits per heavy atom. The molecule has 0 aromatic rings. The maximum Gasteiger partial charge on any atom is 2.00 e. The molecule has 4 rings (SSSR count). The van der Waals surface area contributed by atoms with E-state index in [0.29, 0.717) is 35.7 Å². The largest absolute Gasteiger partial charge is 2.00 e. The quantitative estimate of drug-likeness (QED) is 0.103. The molecule has 0 spiro atoms. The van der Waals surface area contributed by atoms with Crippen molar-refractivity contribution in [2.75, 3.05) is 39.6 Å². The molecule has 5 atom stereocenters. The molecular weight excluding hydrogens is 784 g/mol. The van der Waals surface area contributed by atoms with E-state index in [4.69, 9.17) is 19.7 Å². The molecule has 0 aromatic heterocycles. The summed E-state index contributed by atoms with van der Waals surface area (Å²) in [5.74, 6) is 1.49. The Labute approximate surface area is 364 Å². The van der Waals surface area contributed by atoms with Crippen LogP contribution in [0.3, 0.4) is 0 Å². The fraction of sp³-hybridized carbons (Fsp3) is 0.909. The normalized spacial score (nSPS) is 21.7. The van der Waals surface area contributed by atoms with Crippen LogP contribution in [0.1, 0.15) is 185 Å². The Balaban J connectivity index is -0.0000000896. The molecule has 9 heteroatoms. The molecule has 4 aliphatic carbocycles. The summed E-state index contributed by atoms with van der Waals surface area (Å²) in [6, 6.07) is 0. The summed E-state index contributed by atoms with van der Waals surface area (Å²) in [5, 5.41) is 18.5. The minimum absolute atomic E-state index is 0. The van der Waals surface area contributed by atoms with Gasteiger partial charge in [0.05, 0.1) is 26.4 Å². The zero-order chi connectivity index (χ0) is 33.4. The molecule has 0 heterocycles. The van der Waals surface area contributed by atoms with Crippen molar-refractivity contribution in [3.8, 4) is 0 Å². The second kappa shape index (κ2) is 44.5. The third kappa shape index (κ3) is 38.7. The number of ether oxygens (including phenoxy) is 2. The fourth-order valence-corrected chi connectivity index (χ4v) is 10.6. The van der Waals surface area contributed by atoms with Gasteiger partial charge in [-0.3, -0.25) is 4.21 Å². The molecule has 2 N–H and O–H groups in total. The van der Waals surface area contributed by atoms with Crippen LogP contribution in [0.2, 0.25) is 0 Å².